The van der Waals surface area contributed by atoms with Crippen molar-refractivity contribution >= 4 is 16.8 Å². The summed E-state index contributed by atoms with van der Waals surface area (Å²) in [7, 11) is 1.76. The zero-order valence-electron chi connectivity index (χ0n) is 15.5. The van der Waals surface area contributed by atoms with Crippen molar-refractivity contribution < 1.29 is 9.53 Å². The van der Waals surface area contributed by atoms with Crippen molar-refractivity contribution in [1.29, 1.82) is 0 Å². The van der Waals surface area contributed by atoms with Crippen LogP contribution in [0.3, 0.4) is 0 Å². The largest absolute Gasteiger partial charge is 0.493 e. The fourth-order valence-electron chi connectivity index (χ4n) is 3.64. The Labute approximate surface area is 154 Å². The molecule has 3 rings (SSSR count). The molecule has 1 fully saturated rings. The van der Waals surface area contributed by atoms with Crippen LogP contribution in [-0.4, -0.2) is 23.1 Å². The predicted molar refractivity (Wildman–Crippen MR) is 104 cm³/mol. The highest BCUT2D eigenvalue weighted by Crippen LogP contribution is 2.23. The van der Waals surface area contributed by atoms with E-state index in [9.17, 15) is 9.59 Å². The third kappa shape index (κ3) is 4.65. The standard InChI is InChI=1S/C21H28N2O3/c1-23-18-12-7-6-11-17(18)19(15-21(23)25)26-14-8-13-20(24)22-16-9-4-2-3-5-10-16/h6-7,11-12,15-16H,2-5,8-10,13-14H2,1H3,(H,22,24). The van der Waals surface area contributed by atoms with Crippen molar-refractivity contribution in [2.45, 2.75) is 57.4 Å². The number of amides is 1. The van der Waals surface area contributed by atoms with Gasteiger partial charge in [-0.25, -0.2) is 0 Å². The van der Waals surface area contributed by atoms with Gasteiger partial charge in [-0.3, -0.25) is 9.59 Å². The van der Waals surface area contributed by atoms with Crippen LogP contribution in [0.2, 0.25) is 0 Å². The van der Waals surface area contributed by atoms with Crippen LogP contribution in [0, 0.1) is 0 Å². The van der Waals surface area contributed by atoms with E-state index in [1.54, 1.807) is 11.6 Å². The van der Waals surface area contributed by atoms with Gasteiger partial charge in [0.25, 0.3) is 5.56 Å². The van der Waals surface area contributed by atoms with E-state index in [0.717, 1.165) is 23.7 Å². The fourth-order valence-corrected chi connectivity index (χ4v) is 3.64. The summed E-state index contributed by atoms with van der Waals surface area (Å²) in [5, 5.41) is 4.07. The summed E-state index contributed by atoms with van der Waals surface area (Å²) in [5.74, 6) is 0.696. The SMILES string of the molecule is Cn1c(=O)cc(OCCCC(=O)NC2CCCCCC2)c2ccccc21. The molecule has 1 N–H and O–H groups in total. The molecular weight excluding hydrogens is 328 g/mol. The lowest BCUT2D eigenvalue weighted by Crippen LogP contribution is -2.34. The van der Waals surface area contributed by atoms with Crippen LogP contribution in [0.1, 0.15) is 51.4 Å². The zero-order chi connectivity index (χ0) is 18.4. The van der Waals surface area contributed by atoms with Gasteiger partial charge in [-0.15, -0.1) is 0 Å². The lowest BCUT2D eigenvalue weighted by Gasteiger charge is -2.16. The van der Waals surface area contributed by atoms with Gasteiger partial charge in [0.15, 0.2) is 0 Å². The van der Waals surface area contributed by atoms with Crippen molar-refractivity contribution in [3.8, 4) is 5.75 Å². The molecule has 140 valence electrons. The molecule has 1 saturated carbocycles. The maximum atomic E-state index is 12.1. The number of fused-ring (bicyclic) bond motifs is 1. The summed E-state index contributed by atoms with van der Waals surface area (Å²) in [6.07, 6.45) is 8.29. The highest BCUT2D eigenvalue weighted by Gasteiger charge is 2.14. The molecule has 0 unspecified atom stereocenters. The van der Waals surface area contributed by atoms with Gasteiger partial charge in [-0.2, -0.15) is 0 Å². The molecule has 0 spiro atoms. The first-order valence-corrected chi connectivity index (χ1v) is 9.66. The van der Waals surface area contributed by atoms with E-state index in [4.69, 9.17) is 4.74 Å². The topological polar surface area (TPSA) is 60.3 Å². The summed E-state index contributed by atoms with van der Waals surface area (Å²) in [6, 6.07) is 9.55. The minimum Gasteiger partial charge on any atom is -0.493 e. The van der Waals surface area contributed by atoms with E-state index in [2.05, 4.69) is 5.32 Å². The van der Waals surface area contributed by atoms with Crippen LogP contribution < -0.4 is 15.6 Å². The Morgan fingerprint density at radius 3 is 2.69 bits per heavy atom. The number of aromatic nitrogens is 1. The molecule has 1 amide bonds. The van der Waals surface area contributed by atoms with Crippen LogP contribution >= 0.6 is 0 Å². The predicted octanol–water partition coefficient (Wildman–Crippen LogP) is 3.54. The Hall–Kier alpha value is -2.30. The molecule has 1 heterocycles. The Bertz CT molecular complexity index is 804. The molecule has 0 radical (unpaired) electrons. The van der Waals surface area contributed by atoms with Gasteiger partial charge >= 0.3 is 0 Å². The molecule has 1 aromatic carbocycles. The van der Waals surface area contributed by atoms with Crippen LogP contribution in [0.4, 0.5) is 0 Å². The number of hydrogen-bond acceptors (Lipinski definition) is 3. The lowest BCUT2D eigenvalue weighted by molar-refractivity contribution is -0.122. The van der Waals surface area contributed by atoms with Gasteiger partial charge in [0.1, 0.15) is 5.75 Å². The van der Waals surface area contributed by atoms with Crippen LogP contribution in [0.25, 0.3) is 10.9 Å². The number of ether oxygens (including phenoxy) is 1. The van der Waals surface area contributed by atoms with E-state index in [-0.39, 0.29) is 11.5 Å². The van der Waals surface area contributed by atoms with Gasteiger partial charge in [0, 0.05) is 31.0 Å². The lowest BCUT2D eigenvalue weighted by atomic mass is 10.1. The molecule has 1 aromatic heterocycles. The van der Waals surface area contributed by atoms with Gasteiger partial charge in [0.05, 0.1) is 12.1 Å². The maximum Gasteiger partial charge on any atom is 0.254 e. The smallest absolute Gasteiger partial charge is 0.254 e. The Morgan fingerprint density at radius 2 is 1.92 bits per heavy atom. The second-order valence-electron chi connectivity index (χ2n) is 7.13. The summed E-state index contributed by atoms with van der Waals surface area (Å²) < 4.78 is 7.44. The van der Waals surface area contributed by atoms with Crippen molar-refractivity contribution in [2.75, 3.05) is 6.61 Å². The average Bonchev–Trinajstić information content (AvgIpc) is 2.91. The number of rotatable bonds is 6. The first kappa shape index (κ1) is 18.5. The molecule has 0 bridgehead atoms. The average molecular weight is 356 g/mol. The number of nitrogens with one attached hydrogen (secondary N) is 1. The Kier molecular flexibility index (Phi) is 6.31. The van der Waals surface area contributed by atoms with Gasteiger partial charge in [-0.1, -0.05) is 37.8 Å². The molecule has 5 nitrogen and oxygen atoms in total. The summed E-state index contributed by atoms with van der Waals surface area (Å²) >= 11 is 0. The number of carbonyl (C=O) groups excluding carboxylic acids is 1. The number of benzene rings is 1. The summed E-state index contributed by atoms with van der Waals surface area (Å²) in [4.78, 5) is 24.2. The Morgan fingerprint density at radius 1 is 1.19 bits per heavy atom. The van der Waals surface area contributed by atoms with Gasteiger partial charge < -0.3 is 14.6 Å². The molecule has 1 aliphatic carbocycles. The number of nitrogens with zero attached hydrogens (tertiary/aromatic N) is 1. The van der Waals surface area contributed by atoms with Gasteiger partial charge in [0.2, 0.25) is 5.91 Å². The number of para-hydroxylation sites is 1. The van der Waals surface area contributed by atoms with Crippen molar-refractivity contribution in [3.05, 3.63) is 40.7 Å². The fraction of sp³-hybridized carbons (Fsp3) is 0.524. The molecule has 0 aliphatic heterocycles. The van der Waals surface area contributed by atoms with Crippen molar-refractivity contribution in [2.24, 2.45) is 7.05 Å². The quantitative estimate of drug-likeness (QED) is 0.636. The molecular formula is C21H28N2O3. The third-order valence-electron chi connectivity index (χ3n) is 5.14. The van der Waals surface area contributed by atoms with Crippen molar-refractivity contribution in [1.82, 2.24) is 9.88 Å². The van der Waals surface area contributed by atoms with Crippen molar-refractivity contribution in [3.63, 3.8) is 0 Å². The summed E-state index contributed by atoms with van der Waals surface area (Å²) in [5.41, 5.74) is 0.755. The van der Waals surface area contributed by atoms with E-state index < -0.39 is 0 Å². The number of pyridine rings is 1. The molecule has 1 aliphatic rings. The number of carbonyl (C=O) groups is 1. The van der Waals surface area contributed by atoms with Gasteiger partial charge in [-0.05, 0) is 31.4 Å². The third-order valence-corrected chi connectivity index (χ3v) is 5.14. The molecule has 2 aromatic rings. The normalized spacial score (nSPS) is 15.6. The molecule has 26 heavy (non-hydrogen) atoms. The molecule has 5 heteroatoms. The second kappa shape index (κ2) is 8.88. The first-order chi connectivity index (χ1) is 12.6. The van der Waals surface area contributed by atoms with E-state index in [0.29, 0.717) is 31.2 Å². The van der Waals surface area contributed by atoms with Crippen LogP contribution in [0.15, 0.2) is 35.1 Å². The molecule has 0 atom stereocenters. The highest BCUT2D eigenvalue weighted by molar-refractivity contribution is 5.85. The first-order valence-electron chi connectivity index (χ1n) is 9.66. The number of hydrogen-bond donors (Lipinski definition) is 1. The maximum absolute atomic E-state index is 12.1. The van der Waals surface area contributed by atoms with E-state index in [1.807, 2.05) is 24.3 Å². The second-order valence-corrected chi connectivity index (χ2v) is 7.13. The number of aryl methyl sites for hydroxylation is 1. The highest BCUT2D eigenvalue weighted by atomic mass is 16.5. The Balaban J connectivity index is 1.51. The molecule has 0 saturated heterocycles. The van der Waals surface area contributed by atoms with E-state index in [1.165, 1.54) is 31.7 Å². The van der Waals surface area contributed by atoms with E-state index >= 15 is 0 Å². The minimum absolute atomic E-state index is 0.0928. The monoisotopic (exact) mass is 356 g/mol. The minimum atomic E-state index is -0.0928. The van der Waals surface area contributed by atoms with Crippen LogP contribution in [0.5, 0.6) is 5.75 Å². The summed E-state index contributed by atoms with van der Waals surface area (Å²) in [6.45, 7) is 0.426. The zero-order valence-corrected chi connectivity index (χ0v) is 15.5. The van der Waals surface area contributed by atoms with Crippen LogP contribution in [-0.2, 0) is 11.8 Å².